The van der Waals surface area contributed by atoms with Gasteiger partial charge < -0.3 is 14.8 Å². The zero-order valence-electron chi connectivity index (χ0n) is 15.8. The maximum absolute atomic E-state index is 13.2. The highest BCUT2D eigenvalue weighted by molar-refractivity contribution is 5.96. The molecule has 0 radical (unpaired) electrons. The molecule has 1 N–H and O–H groups in total. The van der Waals surface area contributed by atoms with Gasteiger partial charge in [-0.15, -0.1) is 0 Å². The molecule has 0 saturated heterocycles. The Bertz CT molecular complexity index is 712. The van der Waals surface area contributed by atoms with Gasteiger partial charge in [-0.3, -0.25) is 4.79 Å². The number of halogens is 3. The number of methoxy groups -OCH3 is 1. The predicted molar refractivity (Wildman–Crippen MR) is 92.1 cm³/mol. The first-order chi connectivity index (χ1) is 12.4. The van der Waals surface area contributed by atoms with Gasteiger partial charge in [-0.2, -0.15) is 13.2 Å². The molecular formula is C19H24F3NO4. The second-order valence-electron chi connectivity index (χ2n) is 7.59. The number of alkyl carbamates (subject to hydrolysis) is 1. The van der Waals surface area contributed by atoms with Gasteiger partial charge in [-0.25, -0.2) is 4.79 Å². The number of carbonyl (C=O) groups is 2. The van der Waals surface area contributed by atoms with Crippen molar-refractivity contribution in [3.63, 3.8) is 0 Å². The monoisotopic (exact) mass is 387 g/mol. The predicted octanol–water partition coefficient (Wildman–Crippen LogP) is 4.19. The lowest BCUT2D eigenvalue weighted by Crippen LogP contribution is -2.58. The summed E-state index contributed by atoms with van der Waals surface area (Å²) in [6.07, 6.45) is -5.16. The molecule has 1 aromatic carbocycles. The third-order valence-electron chi connectivity index (χ3n) is 4.41. The summed E-state index contributed by atoms with van der Waals surface area (Å²) < 4.78 is 49.9. The summed E-state index contributed by atoms with van der Waals surface area (Å²) in [4.78, 5) is 25.4. The molecular weight excluding hydrogens is 363 g/mol. The van der Waals surface area contributed by atoms with Crippen molar-refractivity contribution in [2.45, 2.75) is 63.5 Å². The van der Waals surface area contributed by atoms with E-state index < -0.39 is 40.9 Å². The number of rotatable bonds is 3. The molecule has 1 aromatic rings. The maximum Gasteiger partial charge on any atom is 0.416 e. The van der Waals surface area contributed by atoms with Crippen LogP contribution in [-0.4, -0.2) is 30.7 Å². The standard InChI is InChI=1S/C19H24F3NO4/c1-17(2,3)27-16(25)23-18(10-6-9-14(26-4)15(18)24)12-7-5-8-13(11-12)19(20,21)22/h5,7-8,11,14H,6,9-10H2,1-4H3,(H,23,25). The molecule has 0 aliphatic heterocycles. The fourth-order valence-electron chi connectivity index (χ4n) is 3.23. The van der Waals surface area contributed by atoms with E-state index >= 15 is 0 Å². The number of ketones is 1. The SMILES string of the molecule is COC1CCCC(NC(=O)OC(C)(C)C)(c2cccc(C(F)(F)F)c2)C1=O. The lowest BCUT2D eigenvalue weighted by molar-refractivity contribution is -0.141. The van der Waals surface area contributed by atoms with E-state index in [0.29, 0.717) is 12.8 Å². The second-order valence-corrected chi connectivity index (χ2v) is 7.59. The van der Waals surface area contributed by atoms with E-state index in [1.807, 2.05) is 0 Å². The van der Waals surface area contributed by atoms with Crippen molar-refractivity contribution in [3.05, 3.63) is 35.4 Å². The van der Waals surface area contributed by atoms with E-state index in [9.17, 15) is 22.8 Å². The average molecular weight is 387 g/mol. The minimum atomic E-state index is -4.57. The van der Waals surface area contributed by atoms with E-state index in [1.54, 1.807) is 20.8 Å². The lowest BCUT2D eigenvalue weighted by atomic mass is 9.74. The first-order valence-electron chi connectivity index (χ1n) is 8.65. The van der Waals surface area contributed by atoms with Gasteiger partial charge in [0.2, 0.25) is 0 Å². The van der Waals surface area contributed by atoms with Gasteiger partial charge in [0.15, 0.2) is 5.78 Å². The molecule has 1 fully saturated rings. The number of Topliss-reactive ketones (excluding diaryl/α,β-unsaturated/α-hetero) is 1. The van der Waals surface area contributed by atoms with Crippen LogP contribution in [0.3, 0.4) is 0 Å². The van der Waals surface area contributed by atoms with Crippen LogP contribution in [0.5, 0.6) is 0 Å². The highest BCUT2D eigenvalue weighted by atomic mass is 19.4. The molecule has 1 aliphatic rings. The van der Waals surface area contributed by atoms with Crippen molar-refractivity contribution in [2.24, 2.45) is 0 Å². The molecule has 2 unspecified atom stereocenters. The number of hydrogen-bond donors (Lipinski definition) is 1. The summed E-state index contributed by atoms with van der Waals surface area (Å²) in [5, 5.41) is 2.54. The zero-order valence-corrected chi connectivity index (χ0v) is 15.8. The molecule has 0 bridgehead atoms. The summed E-state index contributed by atoms with van der Waals surface area (Å²) in [6, 6.07) is 4.45. The van der Waals surface area contributed by atoms with Crippen LogP contribution in [0.2, 0.25) is 0 Å². The smallest absolute Gasteiger partial charge is 0.416 e. The van der Waals surface area contributed by atoms with Gasteiger partial charge in [0, 0.05) is 7.11 Å². The van der Waals surface area contributed by atoms with Crippen molar-refractivity contribution in [1.29, 1.82) is 0 Å². The summed E-state index contributed by atoms with van der Waals surface area (Å²) in [5.41, 5.74) is -3.28. The first kappa shape index (κ1) is 21.2. The van der Waals surface area contributed by atoms with Crippen molar-refractivity contribution < 1.29 is 32.2 Å². The van der Waals surface area contributed by atoms with Crippen LogP contribution >= 0.6 is 0 Å². The largest absolute Gasteiger partial charge is 0.444 e. The first-order valence-corrected chi connectivity index (χ1v) is 8.65. The molecule has 150 valence electrons. The van der Waals surface area contributed by atoms with Gasteiger partial charge in [0.05, 0.1) is 5.56 Å². The van der Waals surface area contributed by atoms with Gasteiger partial charge in [0.1, 0.15) is 17.2 Å². The lowest BCUT2D eigenvalue weighted by Gasteiger charge is -2.40. The molecule has 2 rings (SSSR count). The van der Waals surface area contributed by atoms with Crippen LogP contribution in [0.4, 0.5) is 18.0 Å². The topological polar surface area (TPSA) is 64.6 Å². The molecule has 0 spiro atoms. The molecule has 8 heteroatoms. The van der Waals surface area contributed by atoms with Crippen LogP contribution in [0.1, 0.15) is 51.2 Å². The van der Waals surface area contributed by atoms with Gasteiger partial charge in [0.25, 0.3) is 0 Å². The number of nitrogens with one attached hydrogen (secondary N) is 1. The van der Waals surface area contributed by atoms with Crippen LogP contribution in [0.15, 0.2) is 24.3 Å². The van der Waals surface area contributed by atoms with Crippen molar-refractivity contribution in [1.82, 2.24) is 5.32 Å². The Labute approximate surface area is 156 Å². The van der Waals surface area contributed by atoms with Crippen LogP contribution in [0, 0.1) is 0 Å². The molecule has 5 nitrogen and oxygen atoms in total. The van der Waals surface area contributed by atoms with E-state index in [2.05, 4.69) is 5.32 Å². The van der Waals surface area contributed by atoms with Crippen LogP contribution in [0.25, 0.3) is 0 Å². The fraction of sp³-hybridized carbons (Fsp3) is 0.579. The zero-order chi connectivity index (χ0) is 20.5. The Morgan fingerprint density at radius 2 is 1.93 bits per heavy atom. The van der Waals surface area contributed by atoms with Crippen molar-refractivity contribution in [2.75, 3.05) is 7.11 Å². The quantitative estimate of drug-likeness (QED) is 0.845. The Hall–Kier alpha value is -2.09. The number of benzene rings is 1. The van der Waals surface area contributed by atoms with E-state index in [-0.39, 0.29) is 12.0 Å². The Balaban J connectivity index is 2.51. The Morgan fingerprint density at radius 1 is 1.26 bits per heavy atom. The molecule has 0 aromatic heterocycles. The molecule has 2 atom stereocenters. The number of alkyl halides is 3. The number of hydrogen-bond acceptors (Lipinski definition) is 4. The van der Waals surface area contributed by atoms with E-state index in [4.69, 9.17) is 9.47 Å². The highest BCUT2D eigenvalue weighted by Crippen LogP contribution is 2.38. The second kappa shape index (κ2) is 7.50. The summed E-state index contributed by atoms with van der Waals surface area (Å²) in [7, 11) is 1.36. The van der Waals surface area contributed by atoms with Gasteiger partial charge in [-0.05, 0) is 57.7 Å². The summed E-state index contributed by atoms with van der Waals surface area (Å²) in [5.74, 6) is -0.485. The maximum atomic E-state index is 13.2. The third kappa shape index (κ3) is 4.80. The number of ether oxygens (including phenoxy) is 2. The van der Waals surface area contributed by atoms with Crippen LogP contribution in [-0.2, 0) is 26.0 Å². The van der Waals surface area contributed by atoms with Crippen molar-refractivity contribution >= 4 is 11.9 Å². The Morgan fingerprint density at radius 3 is 2.48 bits per heavy atom. The van der Waals surface area contributed by atoms with Gasteiger partial charge in [-0.1, -0.05) is 12.1 Å². The van der Waals surface area contributed by atoms with Gasteiger partial charge >= 0.3 is 12.3 Å². The van der Waals surface area contributed by atoms with E-state index in [1.165, 1.54) is 19.2 Å². The molecule has 1 amide bonds. The molecule has 0 heterocycles. The summed E-state index contributed by atoms with van der Waals surface area (Å²) in [6.45, 7) is 4.97. The molecule has 27 heavy (non-hydrogen) atoms. The minimum Gasteiger partial charge on any atom is -0.444 e. The fourth-order valence-corrected chi connectivity index (χ4v) is 3.23. The summed E-state index contributed by atoms with van der Waals surface area (Å²) >= 11 is 0. The number of carbonyl (C=O) groups excluding carboxylic acids is 2. The van der Waals surface area contributed by atoms with E-state index in [0.717, 1.165) is 12.1 Å². The molecule has 1 aliphatic carbocycles. The average Bonchev–Trinajstić information content (AvgIpc) is 2.54. The minimum absolute atomic E-state index is 0.0648. The highest BCUT2D eigenvalue weighted by Gasteiger charge is 2.49. The third-order valence-corrected chi connectivity index (χ3v) is 4.41. The Kier molecular flexibility index (Phi) is 5.89. The van der Waals surface area contributed by atoms with Crippen LogP contribution < -0.4 is 5.32 Å². The normalized spacial score (nSPS) is 23.8. The number of amides is 1. The molecule has 1 saturated carbocycles. The van der Waals surface area contributed by atoms with Crippen molar-refractivity contribution in [3.8, 4) is 0 Å².